The van der Waals surface area contributed by atoms with Crippen LogP contribution in [0.3, 0.4) is 0 Å². The maximum absolute atomic E-state index is 12.2. The Morgan fingerprint density at radius 2 is 2.10 bits per heavy atom. The normalized spacial score (nSPS) is 21.6. The van der Waals surface area contributed by atoms with E-state index in [4.69, 9.17) is 5.26 Å². The zero-order chi connectivity index (χ0) is 7.83. The lowest BCUT2D eigenvalue weighted by atomic mass is 10.3. The number of nitrogens with zero attached hydrogens (tertiary/aromatic N) is 1. The lowest BCUT2D eigenvalue weighted by molar-refractivity contribution is 0.531. The summed E-state index contributed by atoms with van der Waals surface area (Å²) in [5.41, 5.74) is 0. The van der Waals surface area contributed by atoms with Gasteiger partial charge in [-0.15, -0.1) is 3.89 Å². The van der Waals surface area contributed by atoms with Gasteiger partial charge in [0.1, 0.15) is 4.75 Å². The Morgan fingerprint density at radius 3 is 2.20 bits per heavy atom. The number of hydrogen-bond acceptors (Lipinski definition) is 3. The highest BCUT2D eigenvalue weighted by Crippen LogP contribution is 2.46. The Morgan fingerprint density at radius 1 is 1.60 bits per heavy atom. The van der Waals surface area contributed by atoms with Gasteiger partial charge in [0, 0.05) is 0 Å². The lowest BCUT2D eigenvalue weighted by Gasteiger charge is -2.01. The van der Waals surface area contributed by atoms with Crippen LogP contribution in [0.5, 0.6) is 0 Å². The predicted molar refractivity (Wildman–Crippen MR) is 32.2 cm³/mol. The van der Waals surface area contributed by atoms with Crippen LogP contribution in [0, 0.1) is 11.3 Å². The van der Waals surface area contributed by atoms with Gasteiger partial charge in [-0.3, -0.25) is 0 Å². The van der Waals surface area contributed by atoms with E-state index >= 15 is 0 Å². The maximum atomic E-state index is 12.2. The Bertz CT molecular complexity index is 273. The molecule has 0 bridgehead atoms. The van der Waals surface area contributed by atoms with Crippen molar-refractivity contribution in [2.45, 2.75) is 24.0 Å². The molecule has 0 aromatic rings. The van der Waals surface area contributed by atoms with Crippen molar-refractivity contribution in [3.05, 3.63) is 0 Å². The van der Waals surface area contributed by atoms with Crippen molar-refractivity contribution in [3.63, 3.8) is 0 Å². The second-order valence-electron chi connectivity index (χ2n) is 2.46. The minimum atomic E-state index is -4.48. The molecule has 1 rings (SSSR count). The van der Waals surface area contributed by atoms with Gasteiger partial charge in [0.05, 0.1) is 12.5 Å². The van der Waals surface area contributed by atoms with Gasteiger partial charge in [0.2, 0.25) is 0 Å². The Balaban J connectivity index is 2.83. The molecule has 3 nitrogen and oxygen atoms in total. The summed E-state index contributed by atoms with van der Waals surface area (Å²) in [7, 11) is -4.48. The van der Waals surface area contributed by atoms with Crippen molar-refractivity contribution in [1.82, 2.24) is 0 Å². The highest BCUT2D eigenvalue weighted by Gasteiger charge is 2.55. The maximum Gasteiger partial charge on any atom is 0.309 e. The molecule has 0 aromatic carbocycles. The average Bonchev–Trinajstić information content (AvgIpc) is 2.45. The summed E-state index contributed by atoms with van der Waals surface area (Å²) in [5, 5.41) is 8.12. The molecule has 10 heavy (non-hydrogen) atoms. The van der Waals surface area contributed by atoms with E-state index in [2.05, 4.69) is 0 Å². The predicted octanol–water partition coefficient (Wildman–Crippen LogP) is 0.732. The van der Waals surface area contributed by atoms with Crippen LogP contribution in [-0.4, -0.2) is 13.2 Å². The third kappa shape index (κ3) is 0.991. The van der Waals surface area contributed by atoms with E-state index in [-0.39, 0.29) is 6.42 Å². The molecule has 0 heterocycles. The van der Waals surface area contributed by atoms with Gasteiger partial charge in [-0.05, 0) is 12.8 Å². The second-order valence-corrected chi connectivity index (χ2v) is 4.20. The monoisotopic (exact) mass is 163 g/mol. The Labute approximate surface area is 58.7 Å². The smallest absolute Gasteiger partial charge is 0.198 e. The molecule has 0 saturated heterocycles. The molecule has 5 heteroatoms. The number of halogens is 1. The molecule has 0 N–H and O–H groups in total. The van der Waals surface area contributed by atoms with E-state index in [1.807, 2.05) is 0 Å². The summed E-state index contributed by atoms with van der Waals surface area (Å²) >= 11 is 0. The van der Waals surface area contributed by atoms with Crippen LogP contribution in [0.2, 0.25) is 0 Å². The van der Waals surface area contributed by atoms with Crippen molar-refractivity contribution >= 4 is 10.2 Å². The molecule has 0 unspecified atom stereocenters. The molecule has 0 radical (unpaired) electrons. The molecule has 0 aromatic heterocycles. The molecular formula is C5H6FNO2S. The van der Waals surface area contributed by atoms with Crippen LogP contribution >= 0.6 is 0 Å². The first kappa shape index (κ1) is 7.48. The molecule has 1 aliphatic rings. The van der Waals surface area contributed by atoms with Crippen LogP contribution < -0.4 is 0 Å². The second kappa shape index (κ2) is 1.92. The van der Waals surface area contributed by atoms with Crippen molar-refractivity contribution in [2.75, 3.05) is 0 Å². The van der Waals surface area contributed by atoms with E-state index < -0.39 is 15.0 Å². The van der Waals surface area contributed by atoms with Gasteiger partial charge in [-0.1, -0.05) is 0 Å². The van der Waals surface area contributed by atoms with Gasteiger partial charge in [0.25, 0.3) is 0 Å². The highest BCUT2D eigenvalue weighted by molar-refractivity contribution is 7.88. The first-order valence-corrected chi connectivity index (χ1v) is 4.21. The minimum Gasteiger partial charge on any atom is -0.198 e. The lowest BCUT2D eigenvalue weighted by Crippen LogP contribution is -2.17. The van der Waals surface area contributed by atoms with Crippen LogP contribution in [0.25, 0.3) is 0 Å². The van der Waals surface area contributed by atoms with Crippen LogP contribution in [0.4, 0.5) is 3.89 Å². The molecule has 1 aliphatic carbocycles. The largest absolute Gasteiger partial charge is 0.309 e. The van der Waals surface area contributed by atoms with Crippen LogP contribution in [-0.2, 0) is 10.2 Å². The summed E-state index contributed by atoms with van der Waals surface area (Å²) in [6.07, 6.45) is 0.366. The van der Waals surface area contributed by atoms with Crippen molar-refractivity contribution in [2.24, 2.45) is 0 Å². The fourth-order valence-corrected chi connectivity index (χ4v) is 1.62. The number of hydrogen-bond donors (Lipinski definition) is 0. The van der Waals surface area contributed by atoms with E-state index in [1.165, 1.54) is 0 Å². The third-order valence-corrected chi connectivity index (χ3v) is 3.31. The van der Waals surface area contributed by atoms with Gasteiger partial charge < -0.3 is 0 Å². The zero-order valence-corrected chi connectivity index (χ0v) is 5.99. The summed E-state index contributed by atoms with van der Waals surface area (Å²) < 4.78 is 31.5. The minimum absolute atomic E-state index is 0.216. The van der Waals surface area contributed by atoms with Gasteiger partial charge in [-0.2, -0.15) is 13.7 Å². The third-order valence-electron chi connectivity index (χ3n) is 1.73. The van der Waals surface area contributed by atoms with Crippen molar-refractivity contribution in [3.8, 4) is 6.07 Å². The highest BCUT2D eigenvalue weighted by atomic mass is 32.3. The molecule has 0 aliphatic heterocycles. The van der Waals surface area contributed by atoms with Crippen molar-refractivity contribution in [1.29, 1.82) is 5.26 Å². The zero-order valence-electron chi connectivity index (χ0n) is 5.17. The van der Waals surface area contributed by atoms with Crippen LogP contribution in [0.1, 0.15) is 19.3 Å². The van der Waals surface area contributed by atoms with E-state index in [1.54, 1.807) is 6.07 Å². The summed E-state index contributed by atoms with van der Waals surface area (Å²) in [6.45, 7) is 0. The van der Waals surface area contributed by atoms with E-state index in [0.29, 0.717) is 12.8 Å². The fraction of sp³-hybridized carbons (Fsp3) is 0.800. The van der Waals surface area contributed by atoms with Gasteiger partial charge >= 0.3 is 10.2 Å². The molecule has 56 valence electrons. The van der Waals surface area contributed by atoms with E-state index in [0.717, 1.165) is 0 Å². The molecular weight excluding hydrogens is 157 g/mol. The number of rotatable bonds is 2. The summed E-state index contributed by atoms with van der Waals surface area (Å²) in [4.78, 5) is 0. The van der Waals surface area contributed by atoms with Gasteiger partial charge in [0.15, 0.2) is 0 Å². The average molecular weight is 163 g/mol. The fourth-order valence-electron chi connectivity index (χ4n) is 0.790. The van der Waals surface area contributed by atoms with Gasteiger partial charge in [-0.25, -0.2) is 0 Å². The standard InChI is InChI=1S/C5H6FNO2S/c6-10(8,9)5(1-2-5)3-4-7/h1-3H2. The SMILES string of the molecule is N#CCC1(S(=O)(=O)F)CC1. The first-order chi connectivity index (χ1) is 4.52. The quantitative estimate of drug-likeness (QED) is 0.564. The Kier molecular flexibility index (Phi) is 1.44. The summed E-state index contributed by atoms with van der Waals surface area (Å²) in [5.74, 6) is 0. The molecule has 1 fully saturated rings. The Hall–Kier alpha value is -0.630. The molecule has 0 amide bonds. The number of nitriles is 1. The molecule has 0 atom stereocenters. The van der Waals surface area contributed by atoms with E-state index in [9.17, 15) is 12.3 Å². The molecule has 1 saturated carbocycles. The topological polar surface area (TPSA) is 57.9 Å². The van der Waals surface area contributed by atoms with Crippen molar-refractivity contribution < 1.29 is 12.3 Å². The first-order valence-electron chi connectivity index (χ1n) is 2.83. The summed E-state index contributed by atoms with van der Waals surface area (Å²) in [6, 6.07) is 1.66. The molecule has 0 spiro atoms. The van der Waals surface area contributed by atoms with Crippen LogP contribution in [0.15, 0.2) is 0 Å².